The summed E-state index contributed by atoms with van der Waals surface area (Å²) in [4.78, 5) is 27.0. The van der Waals surface area contributed by atoms with Crippen LogP contribution in [-0.4, -0.2) is 70.9 Å². The van der Waals surface area contributed by atoms with Crippen LogP contribution >= 0.6 is 0 Å². The van der Waals surface area contributed by atoms with Crippen LogP contribution in [0.3, 0.4) is 0 Å². The first-order chi connectivity index (χ1) is 17.9. The Morgan fingerprint density at radius 2 is 2.11 bits per heavy atom. The van der Waals surface area contributed by atoms with Crippen LogP contribution in [-0.2, 0) is 9.53 Å². The molecular weight excluding hydrogens is 475 g/mol. The highest BCUT2D eigenvalue weighted by Gasteiger charge is 2.15. The van der Waals surface area contributed by atoms with Crippen molar-refractivity contribution in [3.05, 3.63) is 66.0 Å². The molecule has 1 aliphatic rings. The van der Waals surface area contributed by atoms with E-state index in [1.165, 1.54) is 6.08 Å². The SMILES string of the molecule is C=CC(=O)Nc1ccc2c(c1)c(C)cn2-c1nc(N/C(C=NCCN2CCOCC2)=C(\C)N)ncc1F. The molecule has 10 nitrogen and oxygen atoms in total. The van der Waals surface area contributed by atoms with Gasteiger partial charge in [0.1, 0.15) is 0 Å². The largest absolute Gasteiger partial charge is 0.401 e. The number of carbonyl (C=O) groups excluding carboxylic acids is 1. The van der Waals surface area contributed by atoms with Crippen LogP contribution in [0.15, 0.2) is 59.6 Å². The summed E-state index contributed by atoms with van der Waals surface area (Å²) in [5.74, 6) is -0.625. The number of fused-ring (bicyclic) bond motifs is 1. The van der Waals surface area contributed by atoms with Gasteiger partial charge in [-0.2, -0.15) is 4.98 Å². The number of hydrogen-bond donors (Lipinski definition) is 3. The third kappa shape index (κ3) is 6.38. The number of allylic oxidation sites excluding steroid dienone is 2. The van der Waals surface area contributed by atoms with Crippen LogP contribution in [0.2, 0.25) is 0 Å². The van der Waals surface area contributed by atoms with Crippen LogP contribution in [0.4, 0.5) is 16.0 Å². The van der Waals surface area contributed by atoms with Crippen LogP contribution < -0.4 is 16.4 Å². The first-order valence-corrected chi connectivity index (χ1v) is 12.0. The molecule has 4 rings (SSSR count). The quantitative estimate of drug-likeness (QED) is 0.301. The lowest BCUT2D eigenvalue weighted by molar-refractivity contribution is -0.111. The summed E-state index contributed by atoms with van der Waals surface area (Å²) in [5, 5.41) is 6.64. The summed E-state index contributed by atoms with van der Waals surface area (Å²) >= 11 is 0. The van der Waals surface area contributed by atoms with E-state index in [0.29, 0.717) is 23.6 Å². The lowest BCUT2D eigenvalue weighted by Crippen LogP contribution is -2.37. The van der Waals surface area contributed by atoms with E-state index in [1.54, 1.807) is 36.0 Å². The molecule has 1 amide bonds. The van der Waals surface area contributed by atoms with E-state index in [4.69, 9.17) is 10.5 Å². The van der Waals surface area contributed by atoms with Crippen molar-refractivity contribution in [3.8, 4) is 5.82 Å². The van der Waals surface area contributed by atoms with Gasteiger partial charge in [-0.05, 0) is 43.7 Å². The second-order valence-corrected chi connectivity index (χ2v) is 8.68. The Morgan fingerprint density at radius 3 is 2.84 bits per heavy atom. The Bertz CT molecular complexity index is 1350. The number of nitrogens with zero attached hydrogens (tertiary/aromatic N) is 5. The van der Waals surface area contributed by atoms with Gasteiger partial charge >= 0.3 is 0 Å². The number of morpholine rings is 1. The number of carbonyl (C=O) groups is 1. The van der Waals surface area contributed by atoms with E-state index in [0.717, 1.165) is 55.5 Å². The highest BCUT2D eigenvalue weighted by Crippen LogP contribution is 2.28. The number of ether oxygens (including phenoxy) is 1. The van der Waals surface area contributed by atoms with Gasteiger partial charge in [0.15, 0.2) is 11.6 Å². The van der Waals surface area contributed by atoms with Gasteiger partial charge in [0.25, 0.3) is 0 Å². The molecule has 3 heterocycles. The molecule has 194 valence electrons. The molecule has 0 aliphatic carbocycles. The number of anilines is 2. The average molecular weight is 507 g/mol. The van der Waals surface area contributed by atoms with Crippen LogP contribution in [0, 0.1) is 12.7 Å². The normalized spacial score (nSPS) is 15.1. The molecule has 0 spiro atoms. The molecule has 1 saturated heterocycles. The number of hydrogen-bond acceptors (Lipinski definition) is 8. The van der Waals surface area contributed by atoms with Crippen molar-refractivity contribution in [1.29, 1.82) is 0 Å². The van der Waals surface area contributed by atoms with Gasteiger partial charge in [0.05, 0.1) is 37.2 Å². The summed E-state index contributed by atoms with van der Waals surface area (Å²) in [6, 6.07) is 5.36. The Kier molecular flexibility index (Phi) is 8.26. The van der Waals surface area contributed by atoms with Crippen molar-refractivity contribution in [2.45, 2.75) is 13.8 Å². The van der Waals surface area contributed by atoms with Crippen molar-refractivity contribution in [2.75, 3.05) is 50.0 Å². The number of benzene rings is 1. The molecule has 11 heteroatoms. The van der Waals surface area contributed by atoms with Crippen molar-refractivity contribution >= 4 is 34.7 Å². The Labute approximate surface area is 214 Å². The number of rotatable bonds is 9. The monoisotopic (exact) mass is 506 g/mol. The molecule has 3 aromatic rings. The van der Waals surface area contributed by atoms with Crippen molar-refractivity contribution < 1.29 is 13.9 Å². The van der Waals surface area contributed by atoms with Gasteiger partial charge in [-0.3, -0.25) is 19.3 Å². The van der Waals surface area contributed by atoms with E-state index in [2.05, 4.69) is 37.1 Å². The second kappa shape index (κ2) is 11.8. The molecule has 0 bridgehead atoms. The zero-order valence-electron chi connectivity index (χ0n) is 21.0. The molecule has 0 unspecified atom stereocenters. The number of halogens is 1. The Hall–Kier alpha value is -4.09. The van der Waals surface area contributed by atoms with E-state index < -0.39 is 5.82 Å². The average Bonchev–Trinajstić information content (AvgIpc) is 3.22. The minimum absolute atomic E-state index is 0.0803. The molecule has 0 saturated carbocycles. The number of aromatic nitrogens is 3. The second-order valence-electron chi connectivity index (χ2n) is 8.68. The maximum atomic E-state index is 14.9. The standard InChI is InChI=1S/C26H31FN8O2/c1-4-24(36)31-19-5-6-23-20(13-19)17(2)16-35(23)25-21(27)14-30-26(33-25)32-22(18(3)28)15-29-7-8-34-9-11-37-12-10-34/h4-6,13-16H,1,7-12,28H2,2-3H3,(H,31,36)(H,30,32,33)/b22-18+,29-15?. The Balaban J connectivity index is 1.54. The van der Waals surface area contributed by atoms with Crippen LogP contribution in [0.25, 0.3) is 16.7 Å². The summed E-state index contributed by atoms with van der Waals surface area (Å²) < 4.78 is 21.9. The Morgan fingerprint density at radius 1 is 1.32 bits per heavy atom. The summed E-state index contributed by atoms with van der Waals surface area (Å²) in [6.45, 7) is 11.8. The van der Waals surface area contributed by atoms with E-state index in [1.807, 2.05) is 13.0 Å². The maximum Gasteiger partial charge on any atom is 0.247 e. The molecule has 2 aromatic heterocycles. The molecule has 4 N–H and O–H groups in total. The predicted molar refractivity (Wildman–Crippen MR) is 144 cm³/mol. The lowest BCUT2D eigenvalue weighted by atomic mass is 10.2. The number of nitrogens with one attached hydrogen (secondary N) is 2. The van der Waals surface area contributed by atoms with E-state index in [-0.39, 0.29) is 17.7 Å². The maximum absolute atomic E-state index is 14.9. The van der Waals surface area contributed by atoms with Crippen LogP contribution in [0.5, 0.6) is 0 Å². The molecule has 1 aromatic carbocycles. The third-order valence-electron chi connectivity index (χ3n) is 5.95. The van der Waals surface area contributed by atoms with E-state index in [9.17, 15) is 9.18 Å². The van der Waals surface area contributed by atoms with Gasteiger partial charge in [-0.1, -0.05) is 6.58 Å². The van der Waals surface area contributed by atoms with Crippen LogP contribution in [0.1, 0.15) is 12.5 Å². The smallest absolute Gasteiger partial charge is 0.247 e. The van der Waals surface area contributed by atoms with Crippen molar-refractivity contribution in [1.82, 2.24) is 19.4 Å². The van der Waals surface area contributed by atoms with Gasteiger partial charge in [-0.15, -0.1) is 0 Å². The summed E-state index contributed by atoms with van der Waals surface area (Å²) in [7, 11) is 0. The molecule has 1 fully saturated rings. The fourth-order valence-corrected chi connectivity index (χ4v) is 3.96. The first kappa shape index (κ1) is 26.0. The minimum Gasteiger partial charge on any atom is -0.401 e. The highest BCUT2D eigenvalue weighted by molar-refractivity contribution is 6.00. The van der Waals surface area contributed by atoms with E-state index >= 15 is 0 Å². The first-order valence-electron chi connectivity index (χ1n) is 12.0. The molecular formula is C26H31FN8O2. The van der Waals surface area contributed by atoms with Gasteiger partial charge in [0.2, 0.25) is 11.9 Å². The molecule has 37 heavy (non-hydrogen) atoms. The molecule has 0 atom stereocenters. The molecule has 0 radical (unpaired) electrons. The number of aliphatic imine (C=N–C) groups is 1. The zero-order chi connectivity index (χ0) is 26.4. The van der Waals surface area contributed by atoms with Crippen molar-refractivity contribution in [3.63, 3.8) is 0 Å². The third-order valence-corrected chi connectivity index (χ3v) is 5.95. The number of aryl methyl sites for hydroxylation is 1. The van der Waals surface area contributed by atoms with Gasteiger partial charge in [-0.25, -0.2) is 9.37 Å². The summed E-state index contributed by atoms with van der Waals surface area (Å²) in [6.07, 6.45) is 5.75. The number of amides is 1. The zero-order valence-corrected chi connectivity index (χ0v) is 21.0. The fourth-order valence-electron chi connectivity index (χ4n) is 3.96. The predicted octanol–water partition coefficient (Wildman–Crippen LogP) is 3.00. The number of nitrogens with two attached hydrogens (primary N) is 1. The molecule has 1 aliphatic heterocycles. The fraction of sp³-hybridized carbons (Fsp3) is 0.308. The van der Waals surface area contributed by atoms with Gasteiger partial charge in [0, 0.05) is 48.8 Å². The van der Waals surface area contributed by atoms with Crippen molar-refractivity contribution in [2.24, 2.45) is 10.7 Å². The highest BCUT2D eigenvalue weighted by atomic mass is 19.1. The minimum atomic E-state index is -0.583. The topological polar surface area (TPSA) is 123 Å². The summed E-state index contributed by atoms with van der Waals surface area (Å²) in [5.41, 5.74) is 9.33. The van der Waals surface area contributed by atoms with Gasteiger partial charge < -0.3 is 21.1 Å². The lowest BCUT2D eigenvalue weighted by Gasteiger charge is -2.25.